The Bertz CT molecular complexity index is 106. The molecule has 2 nitrogen and oxygen atoms in total. The molecule has 0 aromatic rings. The minimum atomic E-state index is 0.511. The van der Waals surface area contributed by atoms with E-state index in [2.05, 4.69) is 6.92 Å². The summed E-state index contributed by atoms with van der Waals surface area (Å²) in [4.78, 5) is 0. The molecule has 2 heteroatoms. The van der Waals surface area contributed by atoms with Crippen LogP contribution in [0.3, 0.4) is 0 Å². The number of ether oxygens (including phenoxy) is 1. The van der Waals surface area contributed by atoms with Crippen molar-refractivity contribution in [2.75, 3.05) is 6.54 Å². The number of rotatable bonds is 6. The zero-order valence-corrected chi connectivity index (χ0v) is 7.38. The Kier molecular flexibility index (Phi) is 3.87. The molecule has 0 bridgehead atoms. The summed E-state index contributed by atoms with van der Waals surface area (Å²) in [6, 6.07) is 0. The van der Waals surface area contributed by atoms with Gasteiger partial charge in [-0.05, 0) is 19.4 Å². The summed E-state index contributed by atoms with van der Waals surface area (Å²) in [7, 11) is 0. The molecule has 1 aliphatic heterocycles. The van der Waals surface area contributed by atoms with E-state index >= 15 is 0 Å². The highest BCUT2D eigenvalue weighted by molar-refractivity contribution is 4.84. The lowest BCUT2D eigenvalue weighted by atomic mass is 10.1. The number of unbranched alkanes of at least 4 members (excludes halogenated alkanes) is 2. The minimum absolute atomic E-state index is 0.511. The molecule has 0 amide bonds. The zero-order chi connectivity index (χ0) is 8.10. The van der Waals surface area contributed by atoms with E-state index < -0.39 is 0 Å². The molecule has 0 aromatic heterocycles. The van der Waals surface area contributed by atoms with Crippen LogP contribution in [0.5, 0.6) is 0 Å². The quantitative estimate of drug-likeness (QED) is 0.470. The van der Waals surface area contributed by atoms with Gasteiger partial charge in [-0.2, -0.15) is 0 Å². The van der Waals surface area contributed by atoms with Crippen LogP contribution in [0.2, 0.25) is 0 Å². The van der Waals surface area contributed by atoms with Crippen molar-refractivity contribution in [1.29, 1.82) is 0 Å². The summed E-state index contributed by atoms with van der Waals surface area (Å²) in [5.41, 5.74) is 5.41. The molecule has 66 valence electrons. The summed E-state index contributed by atoms with van der Waals surface area (Å²) >= 11 is 0. The van der Waals surface area contributed by atoms with Gasteiger partial charge in [0.2, 0.25) is 0 Å². The Hall–Kier alpha value is -0.0800. The molecular formula is C9H19NO. The smallest absolute Gasteiger partial charge is 0.0853 e. The first-order chi connectivity index (χ1) is 5.38. The second-order valence-electron chi connectivity index (χ2n) is 3.29. The molecule has 0 aliphatic carbocycles. The van der Waals surface area contributed by atoms with E-state index in [4.69, 9.17) is 10.5 Å². The molecule has 2 N–H and O–H groups in total. The van der Waals surface area contributed by atoms with Crippen LogP contribution in [0.1, 0.15) is 39.0 Å². The van der Waals surface area contributed by atoms with E-state index in [9.17, 15) is 0 Å². The van der Waals surface area contributed by atoms with Gasteiger partial charge in [-0.3, -0.25) is 0 Å². The van der Waals surface area contributed by atoms with Crippen molar-refractivity contribution in [1.82, 2.24) is 0 Å². The third kappa shape index (κ3) is 3.21. The first-order valence-corrected chi connectivity index (χ1v) is 4.74. The van der Waals surface area contributed by atoms with Crippen LogP contribution in [0.25, 0.3) is 0 Å². The first kappa shape index (κ1) is 9.01. The number of hydrogen-bond donors (Lipinski definition) is 1. The lowest BCUT2D eigenvalue weighted by molar-refractivity contribution is 0.353. The van der Waals surface area contributed by atoms with Crippen LogP contribution >= 0.6 is 0 Å². The van der Waals surface area contributed by atoms with Crippen molar-refractivity contribution in [2.45, 2.75) is 51.2 Å². The fraction of sp³-hybridized carbons (Fsp3) is 1.00. The fourth-order valence-corrected chi connectivity index (χ4v) is 1.45. The van der Waals surface area contributed by atoms with Crippen molar-refractivity contribution >= 4 is 0 Å². The van der Waals surface area contributed by atoms with Gasteiger partial charge in [-0.25, -0.2) is 0 Å². The second-order valence-corrected chi connectivity index (χ2v) is 3.29. The van der Waals surface area contributed by atoms with Gasteiger partial charge in [0.1, 0.15) is 0 Å². The molecule has 0 radical (unpaired) electrons. The van der Waals surface area contributed by atoms with Crippen LogP contribution in [-0.2, 0) is 4.74 Å². The average molecular weight is 157 g/mol. The second kappa shape index (κ2) is 4.73. The number of epoxide rings is 1. The van der Waals surface area contributed by atoms with E-state index in [0.29, 0.717) is 12.2 Å². The molecule has 1 rings (SSSR count). The summed E-state index contributed by atoms with van der Waals surface area (Å²) in [5.74, 6) is 0. The summed E-state index contributed by atoms with van der Waals surface area (Å²) in [5, 5.41) is 0. The molecule has 1 aliphatic rings. The normalized spacial score (nSPS) is 28.9. The van der Waals surface area contributed by atoms with Crippen LogP contribution in [0, 0.1) is 0 Å². The first-order valence-electron chi connectivity index (χ1n) is 4.74. The predicted octanol–water partition coefficient (Wildman–Crippen LogP) is 1.68. The molecule has 1 heterocycles. The highest BCUT2D eigenvalue weighted by Gasteiger charge is 2.36. The SMILES string of the molecule is CCCCC[C@@H]1O[C@@H]1CCN. The highest BCUT2D eigenvalue weighted by Crippen LogP contribution is 2.29. The van der Waals surface area contributed by atoms with Crippen molar-refractivity contribution in [3.05, 3.63) is 0 Å². The maximum atomic E-state index is 5.42. The summed E-state index contributed by atoms with van der Waals surface area (Å²) < 4.78 is 5.42. The average Bonchev–Trinajstić information content (AvgIpc) is 2.70. The zero-order valence-electron chi connectivity index (χ0n) is 7.38. The van der Waals surface area contributed by atoms with Crippen LogP contribution in [-0.4, -0.2) is 18.8 Å². The lowest BCUT2D eigenvalue weighted by Gasteiger charge is -1.93. The van der Waals surface area contributed by atoms with Gasteiger partial charge in [0.15, 0.2) is 0 Å². The maximum Gasteiger partial charge on any atom is 0.0853 e. The van der Waals surface area contributed by atoms with Gasteiger partial charge in [0.05, 0.1) is 12.2 Å². The van der Waals surface area contributed by atoms with Gasteiger partial charge in [0, 0.05) is 0 Å². The maximum absolute atomic E-state index is 5.42. The van der Waals surface area contributed by atoms with Gasteiger partial charge in [-0.15, -0.1) is 0 Å². The van der Waals surface area contributed by atoms with Gasteiger partial charge in [0.25, 0.3) is 0 Å². The molecule has 11 heavy (non-hydrogen) atoms. The van der Waals surface area contributed by atoms with E-state index in [1.807, 2.05) is 0 Å². The Morgan fingerprint density at radius 2 is 1.91 bits per heavy atom. The largest absolute Gasteiger partial charge is 0.370 e. The van der Waals surface area contributed by atoms with Gasteiger partial charge >= 0.3 is 0 Å². The van der Waals surface area contributed by atoms with E-state index in [-0.39, 0.29) is 0 Å². The predicted molar refractivity (Wildman–Crippen MR) is 46.5 cm³/mol. The standard InChI is InChI=1S/C9H19NO/c1-2-3-4-5-8-9(11-8)6-7-10/h8-9H,2-7,10H2,1H3/t8-,9+/m0/s1. The summed E-state index contributed by atoms with van der Waals surface area (Å²) in [6.45, 7) is 3.00. The Morgan fingerprint density at radius 3 is 2.55 bits per heavy atom. The highest BCUT2D eigenvalue weighted by atomic mass is 16.6. The fourth-order valence-electron chi connectivity index (χ4n) is 1.45. The molecule has 0 spiro atoms. The van der Waals surface area contributed by atoms with E-state index in [0.717, 1.165) is 13.0 Å². The van der Waals surface area contributed by atoms with E-state index in [1.165, 1.54) is 25.7 Å². The number of nitrogens with two attached hydrogens (primary N) is 1. The monoisotopic (exact) mass is 157 g/mol. The van der Waals surface area contributed by atoms with E-state index in [1.54, 1.807) is 0 Å². The molecule has 0 aromatic carbocycles. The molecular weight excluding hydrogens is 138 g/mol. The third-order valence-corrected chi connectivity index (χ3v) is 2.23. The topological polar surface area (TPSA) is 38.5 Å². The molecule has 2 atom stereocenters. The van der Waals surface area contributed by atoms with Gasteiger partial charge in [-0.1, -0.05) is 26.2 Å². The van der Waals surface area contributed by atoms with Gasteiger partial charge < -0.3 is 10.5 Å². The molecule has 1 fully saturated rings. The van der Waals surface area contributed by atoms with Crippen molar-refractivity contribution in [2.24, 2.45) is 5.73 Å². The Morgan fingerprint density at radius 1 is 1.18 bits per heavy atom. The molecule has 0 saturated carbocycles. The van der Waals surface area contributed by atoms with Crippen molar-refractivity contribution in [3.8, 4) is 0 Å². The third-order valence-electron chi connectivity index (χ3n) is 2.23. The molecule has 1 saturated heterocycles. The Balaban J connectivity index is 1.87. The summed E-state index contributed by atoms with van der Waals surface area (Å²) in [6.07, 6.45) is 7.34. The van der Waals surface area contributed by atoms with Crippen molar-refractivity contribution in [3.63, 3.8) is 0 Å². The van der Waals surface area contributed by atoms with Crippen LogP contribution in [0.15, 0.2) is 0 Å². The van der Waals surface area contributed by atoms with Crippen molar-refractivity contribution < 1.29 is 4.74 Å². The van der Waals surface area contributed by atoms with Crippen LogP contribution in [0.4, 0.5) is 0 Å². The number of hydrogen-bond acceptors (Lipinski definition) is 2. The molecule has 0 unspecified atom stereocenters. The minimum Gasteiger partial charge on any atom is -0.370 e. The lowest BCUT2D eigenvalue weighted by Crippen LogP contribution is -2.04. The Labute approximate surface area is 69.1 Å². The van der Waals surface area contributed by atoms with Crippen LogP contribution < -0.4 is 5.73 Å².